The second-order valence-corrected chi connectivity index (χ2v) is 2.07. The van der Waals surface area contributed by atoms with Gasteiger partial charge in [0.15, 0.2) is 0 Å². The summed E-state index contributed by atoms with van der Waals surface area (Å²) in [5.41, 5.74) is 1.61. The molecule has 1 aromatic heterocycles. The Morgan fingerprint density at radius 3 is 2.08 bits per heavy atom. The highest BCUT2D eigenvalue weighted by Gasteiger charge is 1.93. The average Bonchev–Trinajstić information content (AvgIpc) is 2.52. The SMILES string of the molecule is CCO.c1ccc2nonc2c1. The molecule has 4 nitrogen and oxygen atoms in total. The molecule has 1 N–H and O–H groups in total. The molecule has 1 aromatic carbocycles. The molecule has 64 valence electrons. The van der Waals surface area contributed by atoms with Crippen molar-refractivity contribution in [3.8, 4) is 0 Å². The van der Waals surface area contributed by atoms with E-state index in [4.69, 9.17) is 5.11 Å². The predicted octanol–water partition coefficient (Wildman–Crippen LogP) is 1.22. The molecular formula is C8H10N2O2. The van der Waals surface area contributed by atoms with Gasteiger partial charge in [-0.15, -0.1) is 0 Å². The van der Waals surface area contributed by atoms with Gasteiger partial charge in [-0.3, -0.25) is 0 Å². The molecule has 0 aliphatic rings. The van der Waals surface area contributed by atoms with Gasteiger partial charge in [0.25, 0.3) is 0 Å². The summed E-state index contributed by atoms with van der Waals surface area (Å²) in [5, 5.41) is 14.8. The fourth-order valence-corrected chi connectivity index (χ4v) is 0.727. The Kier molecular flexibility index (Phi) is 3.22. The van der Waals surface area contributed by atoms with Crippen molar-refractivity contribution >= 4 is 11.0 Å². The van der Waals surface area contributed by atoms with Crippen molar-refractivity contribution in [3.05, 3.63) is 24.3 Å². The molecule has 0 bridgehead atoms. The number of aromatic nitrogens is 2. The van der Waals surface area contributed by atoms with E-state index in [0.717, 1.165) is 11.0 Å². The van der Waals surface area contributed by atoms with E-state index in [2.05, 4.69) is 14.9 Å². The second-order valence-electron chi connectivity index (χ2n) is 2.07. The monoisotopic (exact) mass is 166 g/mol. The minimum Gasteiger partial charge on any atom is -0.397 e. The van der Waals surface area contributed by atoms with Crippen LogP contribution in [0.4, 0.5) is 0 Å². The lowest BCUT2D eigenvalue weighted by molar-refractivity contribution is 0.315. The third-order valence-electron chi connectivity index (χ3n) is 1.16. The normalized spacial score (nSPS) is 9.17. The standard InChI is InChI=1S/C6H4N2O.C2H6O/c1-2-4-6-5(3-1)7-9-8-6;1-2-3/h1-4H;3H,2H2,1H3. The first kappa shape index (κ1) is 8.67. The van der Waals surface area contributed by atoms with Crippen LogP contribution >= 0.6 is 0 Å². The molecule has 0 fully saturated rings. The lowest BCUT2D eigenvalue weighted by Crippen LogP contribution is -1.63. The molecule has 1 heterocycles. The fourth-order valence-electron chi connectivity index (χ4n) is 0.727. The van der Waals surface area contributed by atoms with Crippen LogP contribution in [0.5, 0.6) is 0 Å². The maximum Gasteiger partial charge on any atom is 0.135 e. The topological polar surface area (TPSA) is 59.2 Å². The number of hydrogen-bond donors (Lipinski definition) is 1. The van der Waals surface area contributed by atoms with E-state index in [0.29, 0.717) is 0 Å². The molecule has 0 spiro atoms. The molecule has 0 unspecified atom stereocenters. The maximum atomic E-state index is 7.57. The smallest absolute Gasteiger partial charge is 0.135 e. The molecule has 0 radical (unpaired) electrons. The fraction of sp³-hybridized carbons (Fsp3) is 0.250. The van der Waals surface area contributed by atoms with Crippen molar-refractivity contribution < 1.29 is 9.74 Å². The summed E-state index contributed by atoms with van der Waals surface area (Å²) >= 11 is 0. The molecule has 12 heavy (non-hydrogen) atoms. The zero-order valence-electron chi connectivity index (χ0n) is 6.77. The van der Waals surface area contributed by atoms with Crippen molar-refractivity contribution in [2.75, 3.05) is 6.61 Å². The Labute approximate surface area is 69.8 Å². The number of rotatable bonds is 0. The minimum absolute atomic E-state index is 0.250. The number of benzene rings is 1. The molecule has 0 aliphatic heterocycles. The summed E-state index contributed by atoms with van der Waals surface area (Å²) < 4.78 is 4.46. The van der Waals surface area contributed by atoms with Gasteiger partial charge in [0.1, 0.15) is 11.0 Å². The largest absolute Gasteiger partial charge is 0.397 e. The zero-order chi connectivity index (χ0) is 8.81. The average molecular weight is 166 g/mol. The third-order valence-corrected chi connectivity index (χ3v) is 1.16. The highest BCUT2D eigenvalue weighted by atomic mass is 16.6. The first-order chi connectivity index (χ1) is 5.88. The van der Waals surface area contributed by atoms with Crippen molar-refractivity contribution in [1.29, 1.82) is 0 Å². The Balaban J connectivity index is 0.000000213. The molecule has 0 aliphatic carbocycles. The van der Waals surface area contributed by atoms with Gasteiger partial charge in [-0.05, 0) is 29.4 Å². The molecule has 2 aromatic rings. The molecule has 0 atom stereocenters. The van der Waals surface area contributed by atoms with Crippen LogP contribution in [0.2, 0.25) is 0 Å². The Bertz CT molecular complexity index is 302. The number of aliphatic hydroxyl groups is 1. The van der Waals surface area contributed by atoms with Gasteiger partial charge in [0, 0.05) is 6.61 Å². The highest BCUT2D eigenvalue weighted by molar-refractivity contribution is 5.72. The molecule has 0 saturated carbocycles. The summed E-state index contributed by atoms with van der Waals surface area (Å²) in [6, 6.07) is 7.50. The molecular weight excluding hydrogens is 156 g/mol. The van der Waals surface area contributed by atoms with E-state index >= 15 is 0 Å². The first-order valence-electron chi connectivity index (χ1n) is 3.66. The van der Waals surface area contributed by atoms with Crippen LogP contribution in [-0.2, 0) is 0 Å². The van der Waals surface area contributed by atoms with Gasteiger partial charge < -0.3 is 5.11 Å². The van der Waals surface area contributed by atoms with Gasteiger partial charge in [-0.1, -0.05) is 12.1 Å². The van der Waals surface area contributed by atoms with Crippen LogP contribution in [0, 0.1) is 0 Å². The number of nitrogens with zero attached hydrogens (tertiary/aromatic N) is 2. The van der Waals surface area contributed by atoms with Gasteiger partial charge >= 0.3 is 0 Å². The number of aliphatic hydroxyl groups excluding tert-OH is 1. The number of fused-ring (bicyclic) bond motifs is 1. The van der Waals surface area contributed by atoms with Crippen LogP contribution in [0.15, 0.2) is 28.9 Å². The van der Waals surface area contributed by atoms with Crippen LogP contribution < -0.4 is 0 Å². The number of hydrogen-bond acceptors (Lipinski definition) is 4. The highest BCUT2D eigenvalue weighted by Crippen LogP contribution is 2.05. The minimum atomic E-state index is 0.250. The summed E-state index contributed by atoms with van der Waals surface area (Å²) in [6.45, 7) is 1.93. The van der Waals surface area contributed by atoms with Crippen molar-refractivity contribution in [2.24, 2.45) is 0 Å². The predicted molar refractivity (Wildman–Crippen MR) is 44.6 cm³/mol. The van der Waals surface area contributed by atoms with Crippen LogP contribution in [-0.4, -0.2) is 22.0 Å². The lowest BCUT2D eigenvalue weighted by atomic mass is 10.3. The summed E-state index contributed by atoms with van der Waals surface area (Å²) in [5.74, 6) is 0. The maximum absolute atomic E-state index is 7.57. The van der Waals surface area contributed by atoms with Gasteiger partial charge in [-0.2, -0.15) is 0 Å². The molecule has 0 saturated heterocycles. The van der Waals surface area contributed by atoms with Crippen molar-refractivity contribution in [1.82, 2.24) is 10.3 Å². The van der Waals surface area contributed by atoms with Gasteiger partial charge in [0.2, 0.25) is 0 Å². The first-order valence-corrected chi connectivity index (χ1v) is 3.66. The molecule has 4 heteroatoms. The van der Waals surface area contributed by atoms with E-state index in [-0.39, 0.29) is 6.61 Å². The van der Waals surface area contributed by atoms with Gasteiger partial charge in [0.05, 0.1) is 0 Å². The van der Waals surface area contributed by atoms with E-state index in [9.17, 15) is 0 Å². The van der Waals surface area contributed by atoms with E-state index in [1.165, 1.54) is 0 Å². The molecule has 0 amide bonds. The molecule has 2 rings (SSSR count). The quantitative estimate of drug-likeness (QED) is 0.639. The lowest BCUT2D eigenvalue weighted by Gasteiger charge is -1.76. The van der Waals surface area contributed by atoms with Crippen LogP contribution in [0.25, 0.3) is 11.0 Å². The van der Waals surface area contributed by atoms with E-state index in [1.807, 2.05) is 24.3 Å². The van der Waals surface area contributed by atoms with Gasteiger partial charge in [-0.25, -0.2) is 4.63 Å². The summed E-state index contributed by atoms with van der Waals surface area (Å²) in [4.78, 5) is 0. The summed E-state index contributed by atoms with van der Waals surface area (Å²) in [6.07, 6.45) is 0. The second kappa shape index (κ2) is 4.46. The van der Waals surface area contributed by atoms with Crippen LogP contribution in [0.3, 0.4) is 0 Å². The Morgan fingerprint density at radius 1 is 1.25 bits per heavy atom. The van der Waals surface area contributed by atoms with Crippen molar-refractivity contribution in [2.45, 2.75) is 6.92 Å². The van der Waals surface area contributed by atoms with Crippen LogP contribution in [0.1, 0.15) is 6.92 Å². The summed E-state index contributed by atoms with van der Waals surface area (Å²) in [7, 11) is 0. The van der Waals surface area contributed by atoms with E-state index < -0.39 is 0 Å². The third kappa shape index (κ3) is 2.03. The van der Waals surface area contributed by atoms with E-state index in [1.54, 1.807) is 6.92 Å². The van der Waals surface area contributed by atoms with Crippen molar-refractivity contribution in [3.63, 3.8) is 0 Å². The Morgan fingerprint density at radius 2 is 1.67 bits per heavy atom. The Hall–Kier alpha value is -1.42. The zero-order valence-corrected chi connectivity index (χ0v) is 6.77.